The van der Waals surface area contributed by atoms with Gasteiger partial charge >= 0.3 is 0 Å². The summed E-state index contributed by atoms with van der Waals surface area (Å²) in [7, 11) is 0. The number of fused-ring (bicyclic) bond motifs is 1. The van der Waals surface area contributed by atoms with Crippen molar-refractivity contribution in [2.24, 2.45) is 5.92 Å². The zero-order valence-corrected chi connectivity index (χ0v) is 23.3. The van der Waals surface area contributed by atoms with Crippen LogP contribution in [0.15, 0.2) is 53.6 Å². The molecule has 1 amide bonds. The minimum absolute atomic E-state index is 0.0425. The molecule has 2 aromatic rings. The standard InChI is InChI=1S/C33H38N2O4/c1-20(2)34-31(37)21(3)25(14-12-22-8-6-5-7-9-22)30-33-16-17-35(19-23-10-11-23)27(32(33,4)38)18-24-13-15-26(36)29(39-30)28(24)33/h5-9,13,15,20,23,27,30,36,38H,10-11,16-19H2,1-4H3,(H,34,37)/b25-21+/t27-,30+,32-,33+/m1/s1. The minimum Gasteiger partial charge on any atom is -0.504 e. The number of nitrogens with zero attached hydrogens (tertiary/aromatic N) is 1. The fraction of sp³-hybridized carbons (Fsp3) is 0.485. The van der Waals surface area contributed by atoms with Crippen LogP contribution in [-0.2, 0) is 16.6 Å². The molecule has 204 valence electrons. The van der Waals surface area contributed by atoms with E-state index in [1.54, 1.807) is 13.0 Å². The number of hydrogen-bond donors (Lipinski definition) is 3. The van der Waals surface area contributed by atoms with Gasteiger partial charge in [0.15, 0.2) is 11.5 Å². The monoisotopic (exact) mass is 526 g/mol. The SMILES string of the molecule is C/C(C(=O)NC(C)C)=C(/C#Cc1ccccc1)[C@@H]1Oc2c(O)ccc3c2[C@@]12CCN(CC1CC1)[C@H](C3)[C@@]2(C)O. The summed E-state index contributed by atoms with van der Waals surface area (Å²) in [6, 6.07) is 13.2. The van der Waals surface area contributed by atoms with Gasteiger partial charge in [0.05, 0.1) is 16.6 Å². The molecule has 2 fully saturated rings. The number of ether oxygens (including phenoxy) is 1. The predicted octanol–water partition coefficient (Wildman–Crippen LogP) is 4.08. The van der Waals surface area contributed by atoms with Gasteiger partial charge in [-0.2, -0.15) is 0 Å². The summed E-state index contributed by atoms with van der Waals surface area (Å²) >= 11 is 0. The molecule has 0 aromatic heterocycles. The van der Waals surface area contributed by atoms with Crippen molar-refractivity contribution in [2.45, 2.75) is 82.6 Å². The first-order valence-electron chi connectivity index (χ1n) is 14.2. The topological polar surface area (TPSA) is 82.0 Å². The molecule has 4 atom stereocenters. The molecule has 6 rings (SSSR count). The van der Waals surface area contributed by atoms with Crippen molar-refractivity contribution < 1.29 is 19.7 Å². The van der Waals surface area contributed by atoms with E-state index < -0.39 is 17.1 Å². The van der Waals surface area contributed by atoms with E-state index in [2.05, 4.69) is 22.1 Å². The number of aromatic hydroxyl groups is 1. The molecule has 0 radical (unpaired) electrons. The van der Waals surface area contributed by atoms with Crippen LogP contribution in [0, 0.1) is 17.8 Å². The Labute approximate surface area is 231 Å². The average molecular weight is 527 g/mol. The van der Waals surface area contributed by atoms with Crippen molar-refractivity contribution in [3.63, 3.8) is 0 Å². The molecule has 4 aliphatic rings. The van der Waals surface area contributed by atoms with Gasteiger partial charge in [0.2, 0.25) is 5.91 Å². The number of hydrogen-bond acceptors (Lipinski definition) is 5. The third-order valence-corrected chi connectivity index (χ3v) is 9.28. The second-order valence-corrected chi connectivity index (χ2v) is 12.3. The molecule has 2 aliphatic carbocycles. The highest BCUT2D eigenvalue weighted by atomic mass is 16.5. The maximum atomic E-state index is 13.4. The van der Waals surface area contributed by atoms with E-state index in [1.165, 1.54) is 12.8 Å². The third-order valence-electron chi connectivity index (χ3n) is 9.28. The highest BCUT2D eigenvalue weighted by Gasteiger charge is 2.69. The number of carbonyl (C=O) groups is 1. The Kier molecular flexibility index (Phi) is 6.28. The second kappa shape index (κ2) is 9.43. The maximum Gasteiger partial charge on any atom is 0.248 e. The van der Waals surface area contributed by atoms with Gasteiger partial charge < -0.3 is 20.3 Å². The smallest absolute Gasteiger partial charge is 0.248 e. The second-order valence-electron chi connectivity index (χ2n) is 12.3. The minimum atomic E-state index is -1.16. The highest BCUT2D eigenvalue weighted by molar-refractivity contribution is 5.95. The molecule has 1 saturated carbocycles. The number of phenolic OH excluding ortho intramolecular Hbond substituents is 1. The van der Waals surface area contributed by atoms with E-state index in [-0.39, 0.29) is 23.7 Å². The Bertz CT molecular complexity index is 1400. The Morgan fingerprint density at radius 1 is 1.21 bits per heavy atom. The zero-order chi connectivity index (χ0) is 27.5. The predicted molar refractivity (Wildman–Crippen MR) is 151 cm³/mol. The van der Waals surface area contributed by atoms with Gasteiger partial charge in [-0.15, -0.1) is 0 Å². The van der Waals surface area contributed by atoms with Gasteiger partial charge in [0, 0.05) is 35.3 Å². The van der Waals surface area contributed by atoms with Gasteiger partial charge in [-0.05, 0) is 89.6 Å². The largest absolute Gasteiger partial charge is 0.504 e. The summed E-state index contributed by atoms with van der Waals surface area (Å²) in [5.74, 6) is 7.55. The first kappa shape index (κ1) is 26.0. The number of piperidine rings is 1. The molecule has 1 saturated heterocycles. The van der Waals surface area contributed by atoms with Crippen LogP contribution in [0.4, 0.5) is 0 Å². The molecular weight excluding hydrogens is 488 g/mol. The van der Waals surface area contributed by atoms with E-state index in [4.69, 9.17) is 4.74 Å². The van der Waals surface area contributed by atoms with Gasteiger partial charge in [0.25, 0.3) is 0 Å². The lowest BCUT2D eigenvalue weighted by Gasteiger charge is -2.60. The first-order valence-corrected chi connectivity index (χ1v) is 14.2. The van der Waals surface area contributed by atoms with E-state index in [0.29, 0.717) is 35.7 Å². The third kappa shape index (κ3) is 4.15. The number of carbonyl (C=O) groups excluding carboxylic acids is 1. The van der Waals surface area contributed by atoms with Crippen molar-refractivity contribution in [1.29, 1.82) is 0 Å². The first-order chi connectivity index (χ1) is 18.6. The van der Waals surface area contributed by atoms with Gasteiger partial charge in [0.1, 0.15) is 6.10 Å². The van der Waals surface area contributed by atoms with Crippen LogP contribution in [-0.4, -0.2) is 57.9 Å². The molecule has 1 spiro atoms. The van der Waals surface area contributed by atoms with Crippen molar-refractivity contribution in [1.82, 2.24) is 10.2 Å². The quantitative estimate of drug-likeness (QED) is 0.404. The lowest BCUT2D eigenvalue weighted by Crippen LogP contribution is -2.73. The lowest BCUT2D eigenvalue weighted by atomic mass is 9.52. The highest BCUT2D eigenvalue weighted by Crippen LogP contribution is 2.63. The molecular formula is C33H38N2O4. The number of phenols is 1. The fourth-order valence-electron chi connectivity index (χ4n) is 7.10. The number of benzene rings is 2. The number of rotatable bonds is 5. The van der Waals surface area contributed by atoms with Crippen molar-refractivity contribution in [3.05, 3.63) is 70.3 Å². The summed E-state index contributed by atoms with van der Waals surface area (Å²) in [5.41, 5.74) is 1.83. The molecule has 3 N–H and O–H groups in total. The van der Waals surface area contributed by atoms with E-state index >= 15 is 0 Å². The van der Waals surface area contributed by atoms with Crippen molar-refractivity contribution in [3.8, 4) is 23.3 Å². The Balaban J connectivity index is 1.53. The van der Waals surface area contributed by atoms with Gasteiger partial charge in [-0.3, -0.25) is 9.69 Å². The normalized spacial score (nSPS) is 29.6. The van der Waals surface area contributed by atoms with Gasteiger partial charge in [-0.1, -0.05) is 36.1 Å². The van der Waals surface area contributed by atoms with Gasteiger partial charge in [-0.25, -0.2) is 0 Å². The molecule has 0 unspecified atom stereocenters. The molecule has 39 heavy (non-hydrogen) atoms. The van der Waals surface area contributed by atoms with Crippen molar-refractivity contribution >= 4 is 5.91 Å². The van der Waals surface area contributed by atoms with Crippen LogP contribution >= 0.6 is 0 Å². The van der Waals surface area contributed by atoms with E-state index in [9.17, 15) is 15.0 Å². The molecule has 6 nitrogen and oxygen atoms in total. The Hall–Kier alpha value is -3.27. The van der Waals surface area contributed by atoms with Crippen LogP contribution in [0.3, 0.4) is 0 Å². The van der Waals surface area contributed by atoms with Crippen LogP contribution in [0.5, 0.6) is 11.5 Å². The number of aliphatic hydroxyl groups is 1. The zero-order valence-electron chi connectivity index (χ0n) is 23.3. The molecule has 6 heteroatoms. The summed E-state index contributed by atoms with van der Waals surface area (Å²) in [4.78, 5) is 15.8. The molecule has 2 aromatic carbocycles. The molecule has 2 aliphatic heterocycles. The molecule has 2 bridgehead atoms. The number of nitrogens with one attached hydrogen (secondary N) is 1. The van der Waals surface area contributed by atoms with Crippen molar-refractivity contribution in [2.75, 3.05) is 13.1 Å². The summed E-state index contributed by atoms with van der Waals surface area (Å²) in [5, 5.41) is 26.5. The van der Waals surface area contributed by atoms with Crippen LogP contribution in [0.1, 0.15) is 63.6 Å². The lowest BCUT2D eigenvalue weighted by molar-refractivity contribution is -0.149. The fourth-order valence-corrected chi connectivity index (χ4v) is 7.10. The average Bonchev–Trinajstić information content (AvgIpc) is 3.64. The summed E-state index contributed by atoms with van der Waals surface area (Å²) in [6.07, 6.45) is 3.13. The van der Waals surface area contributed by atoms with E-state index in [0.717, 1.165) is 29.8 Å². The number of amides is 1. The van der Waals surface area contributed by atoms with Crippen LogP contribution in [0.2, 0.25) is 0 Å². The van der Waals surface area contributed by atoms with Crippen LogP contribution in [0.25, 0.3) is 0 Å². The Morgan fingerprint density at radius 2 is 1.95 bits per heavy atom. The van der Waals surface area contributed by atoms with Crippen LogP contribution < -0.4 is 10.1 Å². The number of likely N-dealkylation sites (tertiary alicyclic amines) is 1. The summed E-state index contributed by atoms with van der Waals surface area (Å²) < 4.78 is 6.66. The Morgan fingerprint density at radius 3 is 2.64 bits per heavy atom. The van der Waals surface area contributed by atoms with E-state index in [1.807, 2.05) is 57.2 Å². The maximum absolute atomic E-state index is 13.4. The summed E-state index contributed by atoms with van der Waals surface area (Å²) in [6.45, 7) is 9.39. The molecule has 2 heterocycles.